The molecule has 4 heteroatoms. The van der Waals surface area contributed by atoms with Crippen LogP contribution in [0.3, 0.4) is 0 Å². The van der Waals surface area contributed by atoms with Gasteiger partial charge in [0.15, 0.2) is 0 Å². The van der Waals surface area contributed by atoms with Crippen LogP contribution in [0.2, 0.25) is 0 Å². The van der Waals surface area contributed by atoms with Crippen LogP contribution in [0.4, 0.5) is 0 Å². The first-order valence-corrected chi connectivity index (χ1v) is 6.03. The van der Waals surface area contributed by atoms with Crippen molar-refractivity contribution in [2.75, 3.05) is 13.6 Å². The van der Waals surface area contributed by atoms with Gasteiger partial charge < -0.3 is 11.5 Å². The maximum Gasteiger partial charge on any atom is 0.127 e. The van der Waals surface area contributed by atoms with E-state index in [-0.39, 0.29) is 6.17 Å². The van der Waals surface area contributed by atoms with E-state index in [4.69, 9.17) is 11.5 Å². The predicted molar refractivity (Wildman–Crippen MR) is 70.8 cm³/mol. The molecular weight excluding hydrogens is 212 g/mol. The molecule has 1 aromatic rings. The first-order valence-electron chi connectivity index (χ1n) is 6.03. The van der Waals surface area contributed by atoms with Crippen molar-refractivity contribution in [3.05, 3.63) is 35.9 Å². The molecule has 0 amide bonds. The molecule has 0 aromatic heterocycles. The van der Waals surface area contributed by atoms with Crippen molar-refractivity contribution in [3.8, 4) is 0 Å². The lowest BCUT2D eigenvalue weighted by Crippen LogP contribution is -2.42. The number of amidine groups is 1. The molecule has 4 N–H and O–H groups in total. The zero-order valence-corrected chi connectivity index (χ0v) is 10.2. The van der Waals surface area contributed by atoms with Crippen LogP contribution in [0.15, 0.2) is 35.3 Å². The molecule has 1 fully saturated rings. The third-order valence-corrected chi connectivity index (χ3v) is 3.33. The fraction of sp³-hybridized carbons (Fsp3) is 0.462. The van der Waals surface area contributed by atoms with Crippen molar-refractivity contribution in [1.29, 1.82) is 0 Å². The standard InChI is InChI=1S/C13H20N4/c1-17-9-5-8-11(17)13(15)16-12(14)10-6-3-2-4-7-10/h2-4,6-7,11,13H,5,8-9,15H2,1H3,(H2,14,16). The Morgan fingerprint density at radius 1 is 1.41 bits per heavy atom. The lowest BCUT2D eigenvalue weighted by molar-refractivity contribution is 0.275. The Labute approximate surface area is 102 Å². The molecule has 2 atom stereocenters. The van der Waals surface area contributed by atoms with Crippen LogP contribution >= 0.6 is 0 Å². The fourth-order valence-electron chi connectivity index (χ4n) is 2.30. The van der Waals surface area contributed by atoms with Gasteiger partial charge in [0.1, 0.15) is 12.0 Å². The highest BCUT2D eigenvalue weighted by Gasteiger charge is 2.26. The van der Waals surface area contributed by atoms with E-state index in [1.54, 1.807) is 0 Å². The molecule has 0 bridgehead atoms. The number of aliphatic imine (C=N–C) groups is 1. The maximum atomic E-state index is 6.10. The van der Waals surface area contributed by atoms with Gasteiger partial charge in [0, 0.05) is 11.6 Å². The largest absolute Gasteiger partial charge is 0.383 e. The molecule has 1 aliphatic rings. The molecule has 92 valence electrons. The van der Waals surface area contributed by atoms with Crippen molar-refractivity contribution >= 4 is 5.84 Å². The van der Waals surface area contributed by atoms with Crippen molar-refractivity contribution in [2.24, 2.45) is 16.5 Å². The first kappa shape index (κ1) is 12.1. The van der Waals surface area contributed by atoms with Crippen molar-refractivity contribution < 1.29 is 0 Å². The van der Waals surface area contributed by atoms with Gasteiger partial charge in [0.2, 0.25) is 0 Å². The normalized spacial score (nSPS) is 23.9. The van der Waals surface area contributed by atoms with Gasteiger partial charge in [-0.1, -0.05) is 30.3 Å². The van der Waals surface area contributed by atoms with E-state index in [0.29, 0.717) is 11.9 Å². The van der Waals surface area contributed by atoms with Gasteiger partial charge in [-0.15, -0.1) is 0 Å². The molecule has 0 aliphatic carbocycles. The summed E-state index contributed by atoms with van der Waals surface area (Å²) in [7, 11) is 2.09. The lowest BCUT2D eigenvalue weighted by Gasteiger charge is -2.23. The molecular formula is C13H20N4. The van der Waals surface area contributed by atoms with E-state index < -0.39 is 0 Å². The quantitative estimate of drug-likeness (QED) is 0.597. The summed E-state index contributed by atoms with van der Waals surface area (Å²) < 4.78 is 0. The van der Waals surface area contributed by atoms with Crippen LogP contribution < -0.4 is 11.5 Å². The van der Waals surface area contributed by atoms with Gasteiger partial charge in [-0.2, -0.15) is 0 Å². The average molecular weight is 232 g/mol. The molecule has 0 saturated carbocycles. The van der Waals surface area contributed by atoms with Gasteiger partial charge in [-0.25, -0.2) is 4.99 Å². The highest BCUT2D eigenvalue weighted by atomic mass is 15.2. The van der Waals surface area contributed by atoms with Crippen LogP contribution in [0.1, 0.15) is 18.4 Å². The lowest BCUT2D eigenvalue weighted by atomic mass is 10.1. The van der Waals surface area contributed by atoms with Crippen LogP contribution in [0, 0.1) is 0 Å². The summed E-state index contributed by atoms with van der Waals surface area (Å²) >= 11 is 0. The Morgan fingerprint density at radius 3 is 2.71 bits per heavy atom. The van der Waals surface area contributed by atoms with Crippen LogP contribution in [-0.2, 0) is 0 Å². The second kappa shape index (κ2) is 5.29. The highest BCUT2D eigenvalue weighted by Crippen LogP contribution is 2.17. The van der Waals surface area contributed by atoms with E-state index >= 15 is 0 Å². The summed E-state index contributed by atoms with van der Waals surface area (Å²) in [5, 5.41) is 0. The molecule has 1 saturated heterocycles. The monoisotopic (exact) mass is 232 g/mol. The molecule has 1 aliphatic heterocycles. The van der Waals surface area contributed by atoms with Crippen LogP contribution in [0.5, 0.6) is 0 Å². The smallest absolute Gasteiger partial charge is 0.127 e. The van der Waals surface area contributed by atoms with E-state index in [1.165, 1.54) is 6.42 Å². The number of hydrogen-bond acceptors (Lipinski definition) is 3. The van der Waals surface area contributed by atoms with Gasteiger partial charge in [0.05, 0.1) is 0 Å². The Kier molecular flexibility index (Phi) is 3.76. The summed E-state index contributed by atoms with van der Waals surface area (Å²) in [4.78, 5) is 6.67. The highest BCUT2D eigenvalue weighted by molar-refractivity contribution is 5.97. The number of benzene rings is 1. The summed E-state index contributed by atoms with van der Waals surface area (Å²) in [6.45, 7) is 1.10. The summed E-state index contributed by atoms with van der Waals surface area (Å²) in [6.07, 6.45) is 2.06. The second-order valence-electron chi connectivity index (χ2n) is 4.56. The van der Waals surface area contributed by atoms with Crippen LogP contribution in [-0.4, -0.2) is 36.5 Å². The second-order valence-corrected chi connectivity index (χ2v) is 4.56. The Bertz CT molecular complexity index is 388. The fourth-order valence-corrected chi connectivity index (χ4v) is 2.30. The molecule has 2 unspecified atom stereocenters. The number of likely N-dealkylation sites (N-methyl/N-ethyl adjacent to an activating group) is 1. The zero-order chi connectivity index (χ0) is 12.3. The molecule has 17 heavy (non-hydrogen) atoms. The summed E-state index contributed by atoms with van der Waals surface area (Å²) in [5.74, 6) is 0.526. The summed E-state index contributed by atoms with van der Waals surface area (Å²) in [5.41, 5.74) is 13.0. The molecule has 0 spiro atoms. The maximum absolute atomic E-state index is 6.10. The van der Waals surface area contributed by atoms with Gasteiger partial charge in [-0.05, 0) is 26.4 Å². The molecule has 1 aromatic carbocycles. The Morgan fingerprint density at radius 2 is 2.12 bits per heavy atom. The Balaban J connectivity index is 2.08. The molecule has 4 nitrogen and oxygen atoms in total. The minimum Gasteiger partial charge on any atom is -0.383 e. The number of nitrogens with two attached hydrogens (primary N) is 2. The van der Waals surface area contributed by atoms with Gasteiger partial charge in [-0.3, -0.25) is 4.90 Å². The minimum absolute atomic E-state index is 0.234. The van der Waals surface area contributed by atoms with E-state index in [2.05, 4.69) is 16.9 Å². The topological polar surface area (TPSA) is 67.6 Å². The predicted octanol–water partition coefficient (Wildman–Crippen LogP) is 0.771. The number of likely N-dealkylation sites (tertiary alicyclic amines) is 1. The van der Waals surface area contributed by atoms with Gasteiger partial charge >= 0.3 is 0 Å². The number of rotatable bonds is 3. The van der Waals surface area contributed by atoms with E-state index in [1.807, 2.05) is 30.3 Å². The van der Waals surface area contributed by atoms with E-state index in [0.717, 1.165) is 18.5 Å². The van der Waals surface area contributed by atoms with E-state index in [9.17, 15) is 0 Å². The third kappa shape index (κ3) is 2.84. The number of hydrogen-bond donors (Lipinski definition) is 2. The first-order chi connectivity index (χ1) is 8.18. The molecule has 1 heterocycles. The minimum atomic E-state index is -0.234. The third-order valence-electron chi connectivity index (χ3n) is 3.33. The van der Waals surface area contributed by atoms with Crippen molar-refractivity contribution in [1.82, 2.24) is 4.90 Å². The van der Waals surface area contributed by atoms with Crippen molar-refractivity contribution in [2.45, 2.75) is 25.0 Å². The van der Waals surface area contributed by atoms with Gasteiger partial charge in [0.25, 0.3) is 0 Å². The zero-order valence-electron chi connectivity index (χ0n) is 10.2. The number of nitrogens with zero attached hydrogens (tertiary/aromatic N) is 2. The SMILES string of the molecule is CN1CCCC1C(N)/N=C(\N)c1ccccc1. The molecule has 2 rings (SSSR count). The van der Waals surface area contributed by atoms with Crippen molar-refractivity contribution in [3.63, 3.8) is 0 Å². The Hall–Kier alpha value is -1.39. The van der Waals surface area contributed by atoms with Crippen LogP contribution in [0.25, 0.3) is 0 Å². The average Bonchev–Trinajstić information content (AvgIpc) is 2.76. The summed E-state index contributed by atoms with van der Waals surface area (Å²) in [6, 6.07) is 10.1. The molecule has 0 radical (unpaired) electrons.